The van der Waals surface area contributed by atoms with Gasteiger partial charge in [-0.1, -0.05) is 12.8 Å². The average molecular weight is 298 g/mol. The minimum atomic E-state index is 0.319. The third kappa shape index (κ3) is 3.38. The summed E-state index contributed by atoms with van der Waals surface area (Å²) in [5.41, 5.74) is 0.578. The topological polar surface area (TPSA) is 60.2 Å². The number of rotatable bonds is 3. The zero-order chi connectivity index (χ0) is 15.4. The van der Waals surface area contributed by atoms with E-state index in [1.54, 1.807) is 12.3 Å². The van der Waals surface area contributed by atoms with Crippen molar-refractivity contribution in [3.05, 3.63) is 23.9 Å². The van der Waals surface area contributed by atoms with Crippen LogP contribution in [0.15, 0.2) is 18.3 Å². The molecule has 0 N–H and O–H groups in total. The molecule has 1 aliphatic heterocycles. The normalized spacial score (nSPS) is 19.2. The van der Waals surface area contributed by atoms with Gasteiger partial charge in [0, 0.05) is 38.8 Å². The first-order valence-corrected chi connectivity index (χ1v) is 8.15. The summed E-state index contributed by atoms with van der Waals surface area (Å²) in [6.45, 7) is 3.17. The Morgan fingerprint density at radius 1 is 1.23 bits per heavy atom. The lowest BCUT2D eigenvalue weighted by Gasteiger charge is -2.35. The largest absolute Gasteiger partial charge is 0.353 e. The Morgan fingerprint density at radius 3 is 2.55 bits per heavy atom. The standard InChI is InChI=1S/C17H22N4O/c18-12-15-5-6-16(19-13-15)20-7-9-21(10-8-20)17(22)11-14-3-1-2-4-14/h5-6,13-14H,1-4,7-11H2. The van der Waals surface area contributed by atoms with Crippen molar-refractivity contribution in [2.75, 3.05) is 31.1 Å². The van der Waals surface area contributed by atoms with Gasteiger partial charge in [-0.2, -0.15) is 5.26 Å². The molecule has 2 heterocycles. The third-order valence-electron chi connectivity index (χ3n) is 4.77. The molecule has 1 amide bonds. The maximum Gasteiger partial charge on any atom is 0.222 e. The highest BCUT2D eigenvalue weighted by Gasteiger charge is 2.25. The molecule has 1 aliphatic carbocycles. The molecular formula is C17H22N4O. The van der Waals surface area contributed by atoms with Gasteiger partial charge in [0.05, 0.1) is 5.56 Å². The number of anilines is 1. The van der Waals surface area contributed by atoms with Gasteiger partial charge >= 0.3 is 0 Å². The second kappa shape index (κ2) is 6.78. The van der Waals surface area contributed by atoms with Crippen LogP contribution in [0.4, 0.5) is 5.82 Å². The van der Waals surface area contributed by atoms with E-state index in [1.807, 2.05) is 11.0 Å². The number of nitrogens with zero attached hydrogens (tertiary/aromatic N) is 4. The van der Waals surface area contributed by atoms with Crippen molar-refractivity contribution in [2.24, 2.45) is 5.92 Å². The molecule has 1 saturated heterocycles. The Kier molecular flexibility index (Phi) is 4.57. The van der Waals surface area contributed by atoms with Crippen LogP contribution in [0.1, 0.15) is 37.7 Å². The van der Waals surface area contributed by atoms with E-state index in [9.17, 15) is 4.79 Å². The maximum absolute atomic E-state index is 12.3. The van der Waals surface area contributed by atoms with E-state index in [2.05, 4.69) is 16.0 Å². The summed E-state index contributed by atoms with van der Waals surface area (Å²) in [6.07, 6.45) is 7.36. The second-order valence-electron chi connectivity index (χ2n) is 6.24. The molecule has 2 fully saturated rings. The lowest BCUT2D eigenvalue weighted by Crippen LogP contribution is -2.49. The molecule has 116 valence electrons. The van der Waals surface area contributed by atoms with Gasteiger partial charge in [0.25, 0.3) is 0 Å². The Hall–Kier alpha value is -2.09. The molecule has 0 aromatic carbocycles. The molecule has 1 saturated carbocycles. The fraction of sp³-hybridized carbons (Fsp3) is 0.588. The number of carbonyl (C=O) groups is 1. The van der Waals surface area contributed by atoms with Crippen LogP contribution in [-0.2, 0) is 4.79 Å². The predicted octanol–water partition coefficient (Wildman–Crippen LogP) is 2.18. The lowest BCUT2D eigenvalue weighted by molar-refractivity contribution is -0.132. The van der Waals surface area contributed by atoms with Crippen LogP contribution in [-0.4, -0.2) is 42.0 Å². The van der Waals surface area contributed by atoms with Crippen LogP contribution in [0.3, 0.4) is 0 Å². The molecule has 3 rings (SSSR count). The summed E-state index contributed by atoms with van der Waals surface area (Å²) in [5, 5.41) is 8.80. The SMILES string of the molecule is N#Cc1ccc(N2CCN(C(=O)CC3CCCC3)CC2)nc1. The number of hydrogen-bond acceptors (Lipinski definition) is 4. The summed E-state index contributed by atoms with van der Waals surface area (Å²) in [7, 11) is 0. The summed E-state index contributed by atoms with van der Waals surface area (Å²) in [6, 6.07) is 5.75. The number of carbonyl (C=O) groups excluding carboxylic acids is 1. The second-order valence-corrected chi connectivity index (χ2v) is 6.24. The monoisotopic (exact) mass is 298 g/mol. The van der Waals surface area contributed by atoms with Gasteiger partial charge in [0.15, 0.2) is 0 Å². The summed E-state index contributed by atoms with van der Waals surface area (Å²) < 4.78 is 0. The quantitative estimate of drug-likeness (QED) is 0.858. The van der Waals surface area contributed by atoms with Gasteiger partial charge in [-0.25, -0.2) is 4.98 Å². The molecule has 5 nitrogen and oxygen atoms in total. The molecule has 2 aliphatic rings. The molecular weight excluding hydrogens is 276 g/mol. The van der Waals surface area contributed by atoms with Crippen molar-refractivity contribution < 1.29 is 4.79 Å². The van der Waals surface area contributed by atoms with Crippen LogP contribution >= 0.6 is 0 Å². The van der Waals surface area contributed by atoms with E-state index in [-0.39, 0.29) is 0 Å². The zero-order valence-corrected chi connectivity index (χ0v) is 12.9. The highest BCUT2D eigenvalue weighted by Crippen LogP contribution is 2.28. The first-order chi connectivity index (χ1) is 10.8. The van der Waals surface area contributed by atoms with Gasteiger partial charge in [-0.3, -0.25) is 4.79 Å². The van der Waals surface area contributed by atoms with E-state index in [1.165, 1.54) is 25.7 Å². The van der Waals surface area contributed by atoms with Crippen molar-refractivity contribution in [3.63, 3.8) is 0 Å². The molecule has 0 atom stereocenters. The number of pyridine rings is 1. The van der Waals surface area contributed by atoms with Gasteiger partial charge in [-0.15, -0.1) is 0 Å². The van der Waals surface area contributed by atoms with E-state index in [0.29, 0.717) is 17.4 Å². The number of amides is 1. The van der Waals surface area contributed by atoms with E-state index in [4.69, 9.17) is 5.26 Å². The zero-order valence-electron chi connectivity index (χ0n) is 12.9. The van der Waals surface area contributed by atoms with E-state index in [0.717, 1.165) is 38.4 Å². The van der Waals surface area contributed by atoms with E-state index >= 15 is 0 Å². The maximum atomic E-state index is 12.3. The van der Waals surface area contributed by atoms with Crippen LogP contribution in [0.25, 0.3) is 0 Å². The Bertz CT molecular complexity index is 549. The minimum Gasteiger partial charge on any atom is -0.353 e. The first kappa shape index (κ1) is 14.8. The molecule has 1 aromatic heterocycles. The Morgan fingerprint density at radius 2 is 1.95 bits per heavy atom. The number of hydrogen-bond donors (Lipinski definition) is 0. The first-order valence-electron chi connectivity index (χ1n) is 8.15. The molecule has 1 aromatic rings. The van der Waals surface area contributed by atoms with Gasteiger partial charge in [-0.05, 0) is 30.9 Å². The third-order valence-corrected chi connectivity index (χ3v) is 4.77. The average Bonchev–Trinajstić information content (AvgIpc) is 3.08. The van der Waals surface area contributed by atoms with Crippen molar-refractivity contribution in [3.8, 4) is 6.07 Å². The summed E-state index contributed by atoms with van der Waals surface area (Å²) >= 11 is 0. The van der Waals surface area contributed by atoms with Crippen LogP contribution in [0.5, 0.6) is 0 Å². The van der Waals surface area contributed by atoms with Crippen LogP contribution in [0.2, 0.25) is 0 Å². The van der Waals surface area contributed by atoms with E-state index < -0.39 is 0 Å². The number of piperazine rings is 1. The predicted molar refractivity (Wildman–Crippen MR) is 84.3 cm³/mol. The van der Waals surface area contributed by atoms with Crippen molar-refractivity contribution in [2.45, 2.75) is 32.1 Å². The number of nitriles is 1. The van der Waals surface area contributed by atoms with Gasteiger partial charge in [0.1, 0.15) is 11.9 Å². The highest BCUT2D eigenvalue weighted by molar-refractivity contribution is 5.76. The van der Waals surface area contributed by atoms with Crippen LogP contribution < -0.4 is 4.90 Å². The Balaban J connectivity index is 1.51. The minimum absolute atomic E-state index is 0.319. The van der Waals surface area contributed by atoms with Crippen molar-refractivity contribution in [1.82, 2.24) is 9.88 Å². The molecule has 0 bridgehead atoms. The fourth-order valence-corrected chi connectivity index (χ4v) is 3.41. The Labute approximate surface area is 131 Å². The molecule has 22 heavy (non-hydrogen) atoms. The molecule has 0 spiro atoms. The van der Waals surface area contributed by atoms with Gasteiger partial charge < -0.3 is 9.80 Å². The van der Waals surface area contributed by atoms with Crippen LogP contribution in [0, 0.1) is 17.2 Å². The van der Waals surface area contributed by atoms with Crippen molar-refractivity contribution in [1.29, 1.82) is 5.26 Å². The molecule has 5 heteroatoms. The molecule has 0 radical (unpaired) electrons. The van der Waals surface area contributed by atoms with Gasteiger partial charge in [0.2, 0.25) is 5.91 Å². The summed E-state index contributed by atoms with van der Waals surface area (Å²) in [5.74, 6) is 1.83. The van der Waals surface area contributed by atoms with Crippen molar-refractivity contribution >= 4 is 11.7 Å². The fourth-order valence-electron chi connectivity index (χ4n) is 3.41. The highest BCUT2D eigenvalue weighted by atomic mass is 16.2. The summed E-state index contributed by atoms with van der Waals surface area (Å²) in [4.78, 5) is 20.8. The smallest absolute Gasteiger partial charge is 0.222 e. The number of aromatic nitrogens is 1. The molecule has 0 unspecified atom stereocenters. The lowest BCUT2D eigenvalue weighted by atomic mass is 10.0.